The number of nitrogens with one attached hydrogen (secondary N) is 1. The molecule has 0 radical (unpaired) electrons. The number of esters is 1. The molecule has 1 aliphatic rings. The molecule has 2 rings (SSSR count). The normalized spacial score (nSPS) is 16.1. The molecule has 6 heteroatoms. The summed E-state index contributed by atoms with van der Waals surface area (Å²) < 4.78 is 9.86. The lowest BCUT2D eigenvalue weighted by molar-refractivity contribution is -0.144. The van der Waals surface area contributed by atoms with E-state index in [0.29, 0.717) is 12.3 Å². The minimum atomic E-state index is -0.763. The van der Waals surface area contributed by atoms with Gasteiger partial charge in [-0.3, -0.25) is 14.5 Å². The molecule has 0 bridgehead atoms. The maximum absolute atomic E-state index is 12.5. The molecule has 0 saturated carbocycles. The third kappa shape index (κ3) is 3.33. The third-order valence-electron chi connectivity index (χ3n) is 3.26. The molecule has 0 unspecified atom stereocenters. The van der Waals surface area contributed by atoms with Crippen molar-refractivity contribution in [2.24, 2.45) is 0 Å². The van der Waals surface area contributed by atoms with Gasteiger partial charge in [0.05, 0.1) is 18.0 Å². The van der Waals surface area contributed by atoms with Crippen LogP contribution < -0.4 is 10.2 Å². The molecule has 0 fully saturated rings. The number of ether oxygens (including phenoxy) is 2. The summed E-state index contributed by atoms with van der Waals surface area (Å²) in [5.74, 6) is -0.613. The molecule has 1 heterocycles. The Morgan fingerprint density at radius 1 is 1.29 bits per heavy atom. The van der Waals surface area contributed by atoms with Crippen LogP contribution in [0.5, 0.6) is 0 Å². The minimum absolute atomic E-state index is 0.106. The highest BCUT2D eigenvalue weighted by Gasteiger charge is 2.39. The Hall–Kier alpha value is -2.08. The number of para-hydroxylation sites is 2. The van der Waals surface area contributed by atoms with Crippen LogP contribution >= 0.6 is 0 Å². The number of fused-ring (bicyclic) bond motifs is 1. The maximum atomic E-state index is 12.5. The molecular formula is C15H20N2O4. The first-order chi connectivity index (χ1) is 9.95. The van der Waals surface area contributed by atoms with Crippen LogP contribution in [-0.2, 0) is 19.1 Å². The topological polar surface area (TPSA) is 67.9 Å². The van der Waals surface area contributed by atoms with E-state index in [1.807, 2.05) is 18.2 Å². The van der Waals surface area contributed by atoms with Crippen LogP contribution in [0.1, 0.15) is 13.8 Å². The number of anilines is 2. The van der Waals surface area contributed by atoms with Gasteiger partial charge in [-0.15, -0.1) is 0 Å². The minimum Gasteiger partial charge on any atom is -0.462 e. The predicted octanol–water partition coefficient (Wildman–Crippen LogP) is 1.41. The van der Waals surface area contributed by atoms with Gasteiger partial charge in [0.25, 0.3) is 5.91 Å². The number of benzene rings is 1. The van der Waals surface area contributed by atoms with Crippen molar-refractivity contribution in [3.63, 3.8) is 0 Å². The molecule has 0 spiro atoms. The average Bonchev–Trinajstić information content (AvgIpc) is 2.44. The summed E-state index contributed by atoms with van der Waals surface area (Å²) in [6.07, 6.45) is 0. The fourth-order valence-electron chi connectivity index (χ4n) is 2.22. The molecule has 114 valence electrons. The van der Waals surface area contributed by atoms with E-state index < -0.39 is 11.5 Å². The van der Waals surface area contributed by atoms with Crippen LogP contribution in [0.3, 0.4) is 0 Å². The van der Waals surface area contributed by atoms with Gasteiger partial charge in [-0.05, 0) is 26.0 Å². The molecule has 1 N–H and O–H groups in total. The summed E-state index contributed by atoms with van der Waals surface area (Å²) in [5.41, 5.74) is 0.749. The summed E-state index contributed by atoms with van der Waals surface area (Å²) in [5, 5.41) is 3.18. The molecule has 0 aliphatic carbocycles. The average molecular weight is 292 g/mol. The summed E-state index contributed by atoms with van der Waals surface area (Å²) in [7, 11) is 1.53. The fraction of sp³-hybridized carbons (Fsp3) is 0.467. The van der Waals surface area contributed by atoms with E-state index >= 15 is 0 Å². The summed E-state index contributed by atoms with van der Waals surface area (Å²) in [4.78, 5) is 25.8. The standard InChI is InChI=1S/C15H20N2O4/c1-15(2)14(19)17(10-13(18)21-9-8-20-3)12-7-5-4-6-11(12)16-15/h4-7,16H,8-10H2,1-3H3. The highest BCUT2D eigenvalue weighted by Crippen LogP contribution is 2.34. The lowest BCUT2D eigenvalue weighted by Crippen LogP contribution is -2.55. The van der Waals surface area contributed by atoms with Crippen molar-refractivity contribution in [2.75, 3.05) is 37.1 Å². The van der Waals surface area contributed by atoms with E-state index in [1.165, 1.54) is 12.0 Å². The lowest BCUT2D eigenvalue weighted by Gasteiger charge is -2.39. The number of carbonyl (C=O) groups is 2. The molecule has 21 heavy (non-hydrogen) atoms. The number of carbonyl (C=O) groups excluding carboxylic acids is 2. The third-order valence-corrected chi connectivity index (χ3v) is 3.26. The van der Waals surface area contributed by atoms with Gasteiger partial charge < -0.3 is 14.8 Å². The Balaban J connectivity index is 2.17. The lowest BCUT2D eigenvalue weighted by atomic mass is 9.98. The largest absolute Gasteiger partial charge is 0.462 e. The van der Waals surface area contributed by atoms with E-state index in [2.05, 4.69) is 5.32 Å². The highest BCUT2D eigenvalue weighted by molar-refractivity contribution is 6.09. The van der Waals surface area contributed by atoms with Crippen molar-refractivity contribution >= 4 is 23.3 Å². The first-order valence-corrected chi connectivity index (χ1v) is 6.79. The van der Waals surface area contributed by atoms with Crippen molar-refractivity contribution < 1.29 is 19.1 Å². The summed E-state index contributed by atoms with van der Waals surface area (Å²) in [6, 6.07) is 7.40. The Bertz CT molecular complexity index is 542. The Morgan fingerprint density at radius 2 is 2.00 bits per heavy atom. The van der Waals surface area contributed by atoms with Gasteiger partial charge in [-0.1, -0.05) is 12.1 Å². The predicted molar refractivity (Wildman–Crippen MR) is 79.3 cm³/mol. The first-order valence-electron chi connectivity index (χ1n) is 6.79. The Labute approximate surface area is 124 Å². The van der Waals surface area contributed by atoms with Gasteiger partial charge >= 0.3 is 5.97 Å². The Morgan fingerprint density at radius 3 is 2.71 bits per heavy atom. The van der Waals surface area contributed by atoms with Gasteiger partial charge in [-0.25, -0.2) is 0 Å². The number of rotatable bonds is 5. The second-order valence-electron chi connectivity index (χ2n) is 5.37. The fourth-order valence-corrected chi connectivity index (χ4v) is 2.22. The number of nitrogens with zero attached hydrogens (tertiary/aromatic N) is 1. The van der Waals surface area contributed by atoms with Gasteiger partial charge in [0.1, 0.15) is 18.7 Å². The second-order valence-corrected chi connectivity index (χ2v) is 5.37. The summed E-state index contributed by atoms with van der Waals surface area (Å²) >= 11 is 0. The first kappa shape index (κ1) is 15.3. The molecule has 0 saturated heterocycles. The number of hydrogen-bond acceptors (Lipinski definition) is 5. The SMILES string of the molecule is COCCOC(=O)CN1C(=O)C(C)(C)Nc2ccccc21. The van der Waals surface area contributed by atoms with E-state index in [0.717, 1.165) is 5.69 Å². The quantitative estimate of drug-likeness (QED) is 0.656. The van der Waals surface area contributed by atoms with E-state index in [9.17, 15) is 9.59 Å². The molecule has 0 atom stereocenters. The highest BCUT2D eigenvalue weighted by atomic mass is 16.6. The van der Waals surface area contributed by atoms with Crippen molar-refractivity contribution in [2.45, 2.75) is 19.4 Å². The van der Waals surface area contributed by atoms with Crippen LogP contribution in [0, 0.1) is 0 Å². The monoisotopic (exact) mass is 292 g/mol. The second kappa shape index (κ2) is 6.13. The number of methoxy groups -OCH3 is 1. The van der Waals surface area contributed by atoms with Crippen LogP contribution in [0.25, 0.3) is 0 Å². The number of hydrogen-bond donors (Lipinski definition) is 1. The van der Waals surface area contributed by atoms with E-state index in [1.54, 1.807) is 19.9 Å². The maximum Gasteiger partial charge on any atom is 0.326 e. The van der Waals surface area contributed by atoms with Crippen molar-refractivity contribution in [1.29, 1.82) is 0 Å². The zero-order valence-electron chi connectivity index (χ0n) is 12.5. The molecule has 6 nitrogen and oxygen atoms in total. The van der Waals surface area contributed by atoms with E-state index in [-0.39, 0.29) is 19.1 Å². The smallest absolute Gasteiger partial charge is 0.326 e. The van der Waals surface area contributed by atoms with Crippen molar-refractivity contribution in [3.8, 4) is 0 Å². The van der Waals surface area contributed by atoms with Crippen molar-refractivity contribution in [3.05, 3.63) is 24.3 Å². The van der Waals surface area contributed by atoms with Crippen molar-refractivity contribution in [1.82, 2.24) is 0 Å². The Kier molecular flexibility index (Phi) is 4.47. The van der Waals surface area contributed by atoms with Gasteiger partial charge in [0.2, 0.25) is 0 Å². The van der Waals surface area contributed by atoms with Gasteiger partial charge in [0.15, 0.2) is 0 Å². The molecule has 0 aromatic heterocycles. The van der Waals surface area contributed by atoms with Crippen LogP contribution in [0.4, 0.5) is 11.4 Å². The van der Waals surface area contributed by atoms with E-state index in [4.69, 9.17) is 9.47 Å². The van der Waals surface area contributed by atoms with Crippen LogP contribution in [0.15, 0.2) is 24.3 Å². The van der Waals surface area contributed by atoms with Crippen LogP contribution in [0.2, 0.25) is 0 Å². The zero-order valence-corrected chi connectivity index (χ0v) is 12.5. The molecule has 1 aromatic rings. The number of amides is 1. The summed E-state index contributed by atoms with van der Waals surface area (Å²) in [6.45, 7) is 3.98. The molecule has 1 aromatic carbocycles. The molecule has 1 amide bonds. The molecule has 1 aliphatic heterocycles. The van der Waals surface area contributed by atoms with Gasteiger partial charge in [0, 0.05) is 7.11 Å². The zero-order chi connectivity index (χ0) is 15.5. The van der Waals surface area contributed by atoms with Crippen LogP contribution in [-0.4, -0.2) is 44.3 Å². The molecular weight excluding hydrogens is 272 g/mol. The van der Waals surface area contributed by atoms with Gasteiger partial charge in [-0.2, -0.15) is 0 Å².